The molecule has 0 aliphatic rings. The van der Waals surface area contributed by atoms with Gasteiger partial charge in [-0.2, -0.15) is 0 Å². The Morgan fingerprint density at radius 2 is 0.755 bits per heavy atom. The first-order valence-electron chi connectivity index (χ1n) is 18.4. The molecule has 1 heteroatoms. The van der Waals surface area contributed by atoms with E-state index < -0.39 is 0 Å². The summed E-state index contributed by atoms with van der Waals surface area (Å²) in [7, 11) is 0. The molecule has 0 aliphatic heterocycles. The van der Waals surface area contributed by atoms with Gasteiger partial charge in [-0.3, -0.25) is 0 Å². The van der Waals surface area contributed by atoms with Crippen molar-refractivity contribution in [1.82, 2.24) is 4.57 Å². The highest BCUT2D eigenvalue weighted by molar-refractivity contribution is 6.21. The van der Waals surface area contributed by atoms with Crippen LogP contribution in [0.3, 0.4) is 0 Å². The van der Waals surface area contributed by atoms with Crippen LogP contribution in [-0.2, 0) is 0 Å². The Bertz CT molecular complexity index is 2930. The molecule has 250 valence electrons. The predicted octanol–water partition coefficient (Wildman–Crippen LogP) is 14.4. The SMILES string of the molecule is Cc1cc(-n2c3ccccc3c3cc(-c4ccc(-c5ccccc5)cc4)ccc32)c(C)cc1-c1c2ccccc2c(-c2ccccc2)c2ccccc12. The smallest absolute Gasteiger partial charge is 0.0541 e. The van der Waals surface area contributed by atoms with E-state index >= 15 is 0 Å². The number of hydrogen-bond acceptors (Lipinski definition) is 0. The van der Waals surface area contributed by atoms with Gasteiger partial charge in [0.2, 0.25) is 0 Å². The Labute approximate surface area is 310 Å². The third kappa shape index (κ3) is 5.08. The fourth-order valence-corrected chi connectivity index (χ4v) is 8.54. The van der Waals surface area contributed by atoms with E-state index in [0.29, 0.717) is 0 Å². The largest absolute Gasteiger partial charge is 0.309 e. The van der Waals surface area contributed by atoms with E-state index in [1.807, 2.05) is 0 Å². The number of benzene rings is 9. The lowest BCUT2D eigenvalue weighted by Gasteiger charge is -2.20. The van der Waals surface area contributed by atoms with E-state index in [1.54, 1.807) is 0 Å². The molecule has 0 spiro atoms. The average molecular weight is 676 g/mol. The van der Waals surface area contributed by atoms with Crippen LogP contribution in [0.25, 0.3) is 93.5 Å². The molecule has 9 aromatic carbocycles. The van der Waals surface area contributed by atoms with Gasteiger partial charge in [-0.25, -0.2) is 0 Å². The molecule has 0 fully saturated rings. The maximum atomic E-state index is 2.47. The summed E-state index contributed by atoms with van der Waals surface area (Å²) in [5.41, 5.74) is 16.2. The fraction of sp³-hybridized carbons (Fsp3) is 0.0385. The Morgan fingerprint density at radius 1 is 0.302 bits per heavy atom. The maximum Gasteiger partial charge on any atom is 0.0541 e. The van der Waals surface area contributed by atoms with Crippen LogP contribution in [0.1, 0.15) is 11.1 Å². The standard InChI is InChI=1S/C52H37N/c1-34-32-50(35(2)31-46(34)52-44-22-11-9-20-42(44)51(39-17-7-4-8-18-39)43-21-10-12-23-45(43)52)53-48-24-14-13-19-41(48)47-33-40(29-30-49(47)53)38-27-25-37(26-28-38)36-15-5-3-6-16-36/h3-33H,1-2H3. The summed E-state index contributed by atoms with van der Waals surface area (Å²) in [6, 6.07) is 68.8. The molecule has 10 rings (SSSR count). The quantitative estimate of drug-likeness (QED) is 0.160. The third-order valence-corrected chi connectivity index (χ3v) is 11.0. The zero-order valence-corrected chi connectivity index (χ0v) is 29.8. The van der Waals surface area contributed by atoms with Crippen molar-refractivity contribution in [2.75, 3.05) is 0 Å². The van der Waals surface area contributed by atoms with E-state index in [0.717, 1.165) is 0 Å². The van der Waals surface area contributed by atoms with Crippen molar-refractivity contribution in [2.24, 2.45) is 0 Å². The highest BCUT2D eigenvalue weighted by atomic mass is 15.0. The predicted molar refractivity (Wildman–Crippen MR) is 227 cm³/mol. The second-order valence-electron chi connectivity index (χ2n) is 14.2. The van der Waals surface area contributed by atoms with Crippen LogP contribution in [-0.4, -0.2) is 4.57 Å². The Morgan fingerprint density at radius 3 is 1.38 bits per heavy atom. The molecule has 1 nitrogen and oxygen atoms in total. The molecular weight excluding hydrogens is 639 g/mol. The first-order chi connectivity index (χ1) is 26.1. The van der Waals surface area contributed by atoms with Gasteiger partial charge in [-0.15, -0.1) is 0 Å². The zero-order chi connectivity index (χ0) is 35.5. The highest BCUT2D eigenvalue weighted by Gasteiger charge is 2.20. The van der Waals surface area contributed by atoms with Crippen molar-refractivity contribution in [2.45, 2.75) is 13.8 Å². The lowest BCUT2D eigenvalue weighted by molar-refractivity contribution is 1.14. The molecule has 0 bridgehead atoms. The molecule has 0 unspecified atom stereocenters. The van der Waals surface area contributed by atoms with Gasteiger partial charge in [0.05, 0.1) is 11.0 Å². The minimum Gasteiger partial charge on any atom is -0.309 e. The molecule has 0 saturated carbocycles. The lowest BCUT2D eigenvalue weighted by Crippen LogP contribution is -2.00. The van der Waals surface area contributed by atoms with Gasteiger partial charge in [0.1, 0.15) is 0 Å². The summed E-state index contributed by atoms with van der Waals surface area (Å²) in [5, 5.41) is 7.64. The molecule has 0 saturated heterocycles. The minimum absolute atomic E-state index is 1.21. The Balaban J connectivity index is 1.14. The van der Waals surface area contributed by atoms with Gasteiger partial charge in [0.15, 0.2) is 0 Å². The molecule has 10 aromatic rings. The number of hydrogen-bond donors (Lipinski definition) is 0. The molecular formula is C52H37N. The molecule has 0 amide bonds. The van der Waals surface area contributed by atoms with E-state index in [-0.39, 0.29) is 0 Å². The van der Waals surface area contributed by atoms with Crippen LogP contribution < -0.4 is 0 Å². The normalized spacial score (nSPS) is 11.6. The number of fused-ring (bicyclic) bond motifs is 5. The second-order valence-corrected chi connectivity index (χ2v) is 14.2. The first kappa shape index (κ1) is 31.1. The number of rotatable bonds is 5. The topological polar surface area (TPSA) is 4.93 Å². The maximum absolute atomic E-state index is 2.47. The van der Waals surface area contributed by atoms with Crippen LogP contribution in [0.2, 0.25) is 0 Å². The van der Waals surface area contributed by atoms with Crippen LogP contribution in [0.15, 0.2) is 188 Å². The Kier molecular flexibility index (Phi) is 7.33. The van der Waals surface area contributed by atoms with Gasteiger partial charge in [0, 0.05) is 16.5 Å². The van der Waals surface area contributed by atoms with E-state index in [1.165, 1.54) is 105 Å². The van der Waals surface area contributed by atoms with Crippen molar-refractivity contribution in [3.63, 3.8) is 0 Å². The third-order valence-electron chi connectivity index (χ3n) is 11.0. The van der Waals surface area contributed by atoms with Crippen LogP contribution in [0.5, 0.6) is 0 Å². The fourth-order valence-electron chi connectivity index (χ4n) is 8.54. The van der Waals surface area contributed by atoms with Crippen molar-refractivity contribution >= 4 is 43.4 Å². The summed E-state index contributed by atoms with van der Waals surface area (Å²) in [4.78, 5) is 0. The number of nitrogens with zero attached hydrogens (tertiary/aromatic N) is 1. The molecule has 0 radical (unpaired) electrons. The van der Waals surface area contributed by atoms with Crippen LogP contribution >= 0.6 is 0 Å². The second kappa shape index (κ2) is 12.5. The number of aromatic nitrogens is 1. The summed E-state index contributed by atoms with van der Waals surface area (Å²) >= 11 is 0. The van der Waals surface area contributed by atoms with Crippen molar-refractivity contribution < 1.29 is 0 Å². The molecule has 1 heterocycles. The molecule has 1 aromatic heterocycles. The molecule has 53 heavy (non-hydrogen) atoms. The van der Waals surface area contributed by atoms with Gasteiger partial charge < -0.3 is 4.57 Å². The summed E-state index contributed by atoms with van der Waals surface area (Å²) in [5.74, 6) is 0. The van der Waals surface area contributed by atoms with Crippen LogP contribution in [0.4, 0.5) is 0 Å². The van der Waals surface area contributed by atoms with Crippen molar-refractivity contribution in [3.05, 3.63) is 199 Å². The van der Waals surface area contributed by atoms with Crippen molar-refractivity contribution in [3.8, 4) is 50.2 Å². The van der Waals surface area contributed by atoms with E-state index in [9.17, 15) is 0 Å². The van der Waals surface area contributed by atoms with Gasteiger partial charge >= 0.3 is 0 Å². The van der Waals surface area contributed by atoms with Crippen LogP contribution in [0, 0.1) is 13.8 Å². The minimum atomic E-state index is 1.21. The lowest BCUT2D eigenvalue weighted by atomic mass is 9.84. The van der Waals surface area contributed by atoms with Gasteiger partial charge in [-0.05, 0) is 121 Å². The molecule has 0 aliphatic carbocycles. The average Bonchev–Trinajstić information content (AvgIpc) is 3.55. The number of para-hydroxylation sites is 1. The molecule has 0 N–H and O–H groups in total. The number of aryl methyl sites for hydroxylation is 2. The molecule has 0 atom stereocenters. The van der Waals surface area contributed by atoms with E-state index in [2.05, 4.69) is 206 Å². The zero-order valence-electron chi connectivity index (χ0n) is 29.8. The van der Waals surface area contributed by atoms with E-state index in [4.69, 9.17) is 0 Å². The monoisotopic (exact) mass is 675 g/mol. The Hall–Kier alpha value is -6.70. The summed E-state index contributed by atoms with van der Waals surface area (Å²) in [6.45, 7) is 4.54. The van der Waals surface area contributed by atoms with Gasteiger partial charge in [-0.1, -0.05) is 158 Å². The summed E-state index contributed by atoms with van der Waals surface area (Å²) in [6.07, 6.45) is 0. The first-order valence-corrected chi connectivity index (χ1v) is 18.4. The summed E-state index contributed by atoms with van der Waals surface area (Å²) < 4.78 is 2.47. The van der Waals surface area contributed by atoms with Gasteiger partial charge in [0.25, 0.3) is 0 Å². The van der Waals surface area contributed by atoms with Crippen molar-refractivity contribution in [1.29, 1.82) is 0 Å². The highest BCUT2D eigenvalue weighted by Crippen LogP contribution is 2.45.